The van der Waals surface area contributed by atoms with Crippen molar-refractivity contribution in [2.45, 2.75) is 18.9 Å². The number of hydrogen-bond donors (Lipinski definition) is 2. The number of para-hydroxylation sites is 2. The number of aliphatic hydroxyl groups is 1. The average molecular weight is 334 g/mol. The largest absolute Gasteiger partial charge is 0.466 e. The minimum absolute atomic E-state index is 0.00570. The molecule has 1 aromatic rings. The van der Waals surface area contributed by atoms with Crippen LogP contribution in [0.25, 0.3) is 0 Å². The van der Waals surface area contributed by atoms with Crippen molar-refractivity contribution in [3.8, 4) is 0 Å². The van der Waals surface area contributed by atoms with Crippen molar-refractivity contribution in [2.24, 2.45) is 0 Å². The van der Waals surface area contributed by atoms with Crippen LogP contribution < -0.4 is 10.2 Å². The van der Waals surface area contributed by atoms with E-state index in [-0.39, 0.29) is 11.8 Å². The van der Waals surface area contributed by atoms with Crippen molar-refractivity contribution >= 4 is 23.3 Å². The quantitative estimate of drug-likeness (QED) is 0.619. The van der Waals surface area contributed by atoms with Crippen LogP contribution in [0.15, 0.2) is 36.0 Å². The molecule has 7 nitrogen and oxygen atoms in total. The Kier molecular flexibility index (Phi) is 6.20. The lowest BCUT2D eigenvalue weighted by atomic mass is 10.1. The van der Waals surface area contributed by atoms with Crippen LogP contribution in [0.1, 0.15) is 12.8 Å². The highest BCUT2D eigenvalue weighted by Gasteiger charge is 2.21. The summed E-state index contributed by atoms with van der Waals surface area (Å²) in [6.45, 7) is 1.43. The molecule has 2 N–H and O–H groups in total. The van der Waals surface area contributed by atoms with Crippen LogP contribution in [0, 0.1) is 0 Å². The third-order valence-corrected chi connectivity index (χ3v) is 3.85. The van der Waals surface area contributed by atoms with Gasteiger partial charge in [-0.3, -0.25) is 0 Å². The first-order valence-electron chi connectivity index (χ1n) is 7.72. The van der Waals surface area contributed by atoms with E-state index in [1.54, 1.807) is 0 Å². The highest BCUT2D eigenvalue weighted by Crippen LogP contribution is 2.29. The van der Waals surface area contributed by atoms with Gasteiger partial charge in [-0.05, 0) is 25.0 Å². The van der Waals surface area contributed by atoms with Gasteiger partial charge in [-0.25, -0.2) is 9.59 Å². The Labute approximate surface area is 140 Å². The first-order valence-corrected chi connectivity index (χ1v) is 7.72. The molecule has 0 saturated carbocycles. The smallest absolute Gasteiger partial charge is 0.354 e. The van der Waals surface area contributed by atoms with E-state index in [1.165, 1.54) is 14.2 Å². The van der Waals surface area contributed by atoms with Crippen molar-refractivity contribution < 1.29 is 24.2 Å². The van der Waals surface area contributed by atoms with Gasteiger partial charge in [0.1, 0.15) is 5.70 Å². The van der Waals surface area contributed by atoms with Gasteiger partial charge in [-0.2, -0.15) is 0 Å². The fraction of sp³-hybridized carbons (Fsp3) is 0.412. The Balaban J connectivity index is 2.26. The monoisotopic (exact) mass is 334 g/mol. The molecule has 2 rings (SSSR count). The number of nitrogens with one attached hydrogen (secondary N) is 1. The topological polar surface area (TPSA) is 88.1 Å². The number of methoxy groups -OCH3 is 2. The average Bonchev–Trinajstić information content (AvgIpc) is 2.61. The summed E-state index contributed by atoms with van der Waals surface area (Å²) < 4.78 is 9.28. The lowest BCUT2D eigenvalue weighted by Crippen LogP contribution is -2.36. The van der Waals surface area contributed by atoms with Gasteiger partial charge in [0.25, 0.3) is 0 Å². The van der Waals surface area contributed by atoms with Gasteiger partial charge < -0.3 is 24.8 Å². The molecule has 0 bridgehead atoms. The maximum atomic E-state index is 11.9. The van der Waals surface area contributed by atoms with E-state index in [0.29, 0.717) is 31.6 Å². The van der Waals surface area contributed by atoms with E-state index in [4.69, 9.17) is 4.74 Å². The maximum absolute atomic E-state index is 11.9. The molecule has 1 aliphatic rings. The lowest BCUT2D eigenvalue weighted by molar-refractivity contribution is -0.138. The zero-order chi connectivity index (χ0) is 17.5. The summed E-state index contributed by atoms with van der Waals surface area (Å²) in [6.07, 6.45) is 2.17. The van der Waals surface area contributed by atoms with Gasteiger partial charge in [0.05, 0.1) is 37.8 Å². The summed E-state index contributed by atoms with van der Waals surface area (Å²) >= 11 is 0. The van der Waals surface area contributed by atoms with Crippen LogP contribution in [0.4, 0.5) is 11.4 Å². The molecule has 0 aromatic heterocycles. The molecule has 1 heterocycles. The number of ether oxygens (including phenoxy) is 2. The molecule has 1 aliphatic heterocycles. The first-order chi connectivity index (χ1) is 11.5. The summed E-state index contributed by atoms with van der Waals surface area (Å²) in [7, 11) is 2.48. The number of esters is 2. The number of carbonyl (C=O) groups is 2. The predicted molar refractivity (Wildman–Crippen MR) is 89.6 cm³/mol. The van der Waals surface area contributed by atoms with Crippen LogP contribution in [-0.4, -0.2) is 50.5 Å². The molecule has 1 aromatic carbocycles. The Morgan fingerprint density at radius 2 is 1.88 bits per heavy atom. The highest BCUT2D eigenvalue weighted by atomic mass is 16.5. The fourth-order valence-electron chi connectivity index (χ4n) is 2.54. The van der Waals surface area contributed by atoms with Crippen LogP contribution in [0.5, 0.6) is 0 Å². The number of rotatable bonds is 5. The fourth-order valence-corrected chi connectivity index (χ4v) is 2.54. The summed E-state index contributed by atoms with van der Waals surface area (Å²) in [4.78, 5) is 25.5. The summed E-state index contributed by atoms with van der Waals surface area (Å²) in [5, 5.41) is 12.6. The van der Waals surface area contributed by atoms with E-state index in [1.807, 2.05) is 24.3 Å². The zero-order valence-corrected chi connectivity index (χ0v) is 13.8. The van der Waals surface area contributed by atoms with Gasteiger partial charge in [0, 0.05) is 13.1 Å². The normalized spacial score (nSPS) is 15.8. The molecule has 24 heavy (non-hydrogen) atoms. The third kappa shape index (κ3) is 4.48. The second-order valence-corrected chi connectivity index (χ2v) is 5.43. The van der Waals surface area contributed by atoms with Gasteiger partial charge in [0.15, 0.2) is 0 Å². The number of aliphatic hydroxyl groups excluding tert-OH is 1. The second-order valence-electron chi connectivity index (χ2n) is 5.43. The zero-order valence-electron chi connectivity index (χ0n) is 13.8. The van der Waals surface area contributed by atoms with E-state index in [0.717, 1.165) is 11.8 Å². The van der Waals surface area contributed by atoms with E-state index in [9.17, 15) is 14.7 Å². The van der Waals surface area contributed by atoms with Crippen LogP contribution in [0.3, 0.4) is 0 Å². The summed E-state index contributed by atoms with van der Waals surface area (Å²) in [5.41, 5.74) is 1.56. The van der Waals surface area contributed by atoms with E-state index < -0.39 is 11.9 Å². The molecule has 0 spiro atoms. The number of hydrogen-bond acceptors (Lipinski definition) is 7. The van der Waals surface area contributed by atoms with Crippen LogP contribution in [0.2, 0.25) is 0 Å². The Morgan fingerprint density at radius 3 is 2.50 bits per heavy atom. The third-order valence-electron chi connectivity index (χ3n) is 3.85. The Bertz CT molecular complexity index is 621. The molecule has 0 atom stereocenters. The SMILES string of the molecule is COC(=O)/C=C(/Nc1ccccc1N1CCC(O)CC1)C(=O)OC. The number of nitrogens with zero attached hydrogens (tertiary/aromatic N) is 1. The van der Waals surface area contributed by atoms with Gasteiger partial charge in [0.2, 0.25) is 0 Å². The van der Waals surface area contributed by atoms with Crippen LogP contribution in [-0.2, 0) is 19.1 Å². The number of anilines is 2. The highest BCUT2D eigenvalue weighted by molar-refractivity contribution is 5.99. The van der Waals surface area contributed by atoms with Gasteiger partial charge in [-0.1, -0.05) is 12.1 Å². The molecule has 130 valence electrons. The number of piperidine rings is 1. The van der Waals surface area contributed by atoms with Crippen molar-refractivity contribution in [1.82, 2.24) is 0 Å². The number of carbonyl (C=O) groups excluding carboxylic acids is 2. The molecule has 0 aliphatic carbocycles. The van der Waals surface area contributed by atoms with Crippen molar-refractivity contribution in [2.75, 3.05) is 37.5 Å². The van der Waals surface area contributed by atoms with E-state index >= 15 is 0 Å². The molecule has 0 amide bonds. The minimum atomic E-state index is -0.663. The maximum Gasteiger partial charge on any atom is 0.354 e. The number of benzene rings is 1. The Morgan fingerprint density at radius 1 is 1.21 bits per heavy atom. The second kappa shape index (κ2) is 8.35. The van der Waals surface area contributed by atoms with Crippen molar-refractivity contribution in [3.63, 3.8) is 0 Å². The minimum Gasteiger partial charge on any atom is -0.466 e. The standard InChI is InChI=1S/C17H22N2O5/c1-23-16(21)11-14(17(22)24-2)18-13-5-3-4-6-15(13)19-9-7-12(20)8-10-19/h3-6,11-12,18,20H,7-10H2,1-2H3/b14-11+. The molecule has 1 saturated heterocycles. The molecular formula is C17H22N2O5. The van der Waals surface area contributed by atoms with Crippen molar-refractivity contribution in [3.05, 3.63) is 36.0 Å². The lowest BCUT2D eigenvalue weighted by Gasteiger charge is -2.33. The summed E-state index contributed by atoms with van der Waals surface area (Å²) in [5.74, 6) is -1.31. The first kappa shape index (κ1) is 17.8. The van der Waals surface area contributed by atoms with E-state index in [2.05, 4.69) is 15.0 Å². The molecule has 0 unspecified atom stereocenters. The summed E-state index contributed by atoms with van der Waals surface area (Å²) in [6, 6.07) is 7.46. The van der Waals surface area contributed by atoms with Crippen LogP contribution >= 0.6 is 0 Å². The molecule has 0 radical (unpaired) electrons. The molecule has 7 heteroatoms. The predicted octanol–water partition coefficient (Wildman–Crippen LogP) is 1.29. The van der Waals surface area contributed by atoms with Crippen molar-refractivity contribution in [1.29, 1.82) is 0 Å². The molecule has 1 fully saturated rings. The Hall–Kier alpha value is -2.54. The van der Waals surface area contributed by atoms with Gasteiger partial charge in [-0.15, -0.1) is 0 Å². The molecular weight excluding hydrogens is 312 g/mol. The van der Waals surface area contributed by atoms with Gasteiger partial charge >= 0.3 is 11.9 Å².